The van der Waals surface area contributed by atoms with Crippen molar-refractivity contribution >= 4 is 35.4 Å². The summed E-state index contributed by atoms with van der Waals surface area (Å²) in [4.78, 5) is 46.4. The largest absolute Gasteiger partial charge is 0.370 e. The van der Waals surface area contributed by atoms with Crippen LogP contribution in [-0.2, 0) is 19.2 Å². The van der Waals surface area contributed by atoms with Gasteiger partial charge in [0.05, 0.1) is 5.25 Å². The predicted molar refractivity (Wildman–Crippen MR) is 70.1 cm³/mol. The lowest BCUT2D eigenvalue weighted by Gasteiger charge is -2.14. The van der Waals surface area contributed by atoms with Gasteiger partial charge in [0.1, 0.15) is 0 Å². The van der Waals surface area contributed by atoms with E-state index in [1.165, 1.54) is 18.8 Å². The second kappa shape index (κ2) is 7.13. The molecule has 0 radical (unpaired) electrons. The standard InChI is InChI=1S/C11H17N3O4S/c1-13-9(16)2-4-14-10(17)6-7(11(14)18)19-5-3-8(12)15/h7H,2-6H2,1H3,(H2,12,15)(H,13,16). The first kappa shape index (κ1) is 15.5. The molecule has 0 spiro atoms. The van der Waals surface area contributed by atoms with E-state index in [0.717, 1.165) is 4.90 Å². The molecule has 1 aliphatic heterocycles. The van der Waals surface area contributed by atoms with Crippen molar-refractivity contribution in [1.82, 2.24) is 10.2 Å². The van der Waals surface area contributed by atoms with Gasteiger partial charge in [-0.05, 0) is 0 Å². The molecule has 0 aromatic heterocycles. The minimum Gasteiger partial charge on any atom is -0.370 e. The van der Waals surface area contributed by atoms with Gasteiger partial charge in [0, 0.05) is 38.6 Å². The highest BCUT2D eigenvalue weighted by Crippen LogP contribution is 2.25. The van der Waals surface area contributed by atoms with Gasteiger partial charge in [0.25, 0.3) is 0 Å². The van der Waals surface area contributed by atoms with Gasteiger partial charge in [-0.3, -0.25) is 24.1 Å². The van der Waals surface area contributed by atoms with Crippen molar-refractivity contribution in [3.63, 3.8) is 0 Å². The monoisotopic (exact) mass is 287 g/mol. The summed E-state index contributed by atoms with van der Waals surface area (Å²) in [5.74, 6) is -0.789. The fraction of sp³-hybridized carbons (Fsp3) is 0.636. The molecule has 3 N–H and O–H groups in total. The number of nitrogens with one attached hydrogen (secondary N) is 1. The smallest absolute Gasteiger partial charge is 0.242 e. The highest BCUT2D eigenvalue weighted by atomic mass is 32.2. The minimum absolute atomic E-state index is 0.101. The number of carbonyl (C=O) groups excluding carboxylic acids is 4. The van der Waals surface area contributed by atoms with Gasteiger partial charge in [0.15, 0.2) is 0 Å². The van der Waals surface area contributed by atoms with Crippen molar-refractivity contribution in [3.8, 4) is 0 Å². The third-order valence-electron chi connectivity index (χ3n) is 2.71. The number of rotatable bonds is 7. The molecular weight excluding hydrogens is 270 g/mol. The number of nitrogens with two attached hydrogens (primary N) is 1. The Bertz CT molecular complexity index is 399. The van der Waals surface area contributed by atoms with E-state index in [0.29, 0.717) is 5.75 Å². The molecule has 19 heavy (non-hydrogen) atoms. The summed E-state index contributed by atoms with van der Waals surface area (Å²) in [7, 11) is 1.50. The number of amides is 4. The average Bonchev–Trinajstić information content (AvgIpc) is 2.61. The van der Waals surface area contributed by atoms with Crippen molar-refractivity contribution in [2.24, 2.45) is 5.73 Å². The average molecular weight is 287 g/mol. The van der Waals surface area contributed by atoms with Crippen molar-refractivity contribution in [2.75, 3.05) is 19.3 Å². The normalized spacial score (nSPS) is 18.8. The zero-order valence-electron chi connectivity index (χ0n) is 10.7. The first-order chi connectivity index (χ1) is 8.95. The Hall–Kier alpha value is -1.57. The highest BCUT2D eigenvalue weighted by molar-refractivity contribution is 8.00. The zero-order chi connectivity index (χ0) is 14.4. The van der Waals surface area contributed by atoms with Gasteiger partial charge in [0.2, 0.25) is 23.6 Å². The van der Waals surface area contributed by atoms with E-state index >= 15 is 0 Å². The second-order valence-electron chi connectivity index (χ2n) is 4.09. The summed E-state index contributed by atoms with van der Waals surface area (Å²) in [6, 6.07) is 0. The number of imide groups is 1. The van der Waals surface area contributed by atoms with E-state index in [-0.39, 0.29) is 43.5 Å². The summed E-state index contributed by atoms with van der Waals surface area (Å²) in [5.41, 5.74) is 5.00. The fourth-order valence-electron chi connectivity index (χ4n) is 1.66. The second-order valence-corrected chi connectivity index (χ2v) is 5.40. The van der Waals surface area contributed by atoms with Crippen LogP contribution in [0.5, 0.6) is 0 Å². The minimum atomic E-state index is -0.462. The molecule has 1 atom stereocenters. The van der Waals surface area contributed by atoms with E-state index in [1.54, 1.807) is 0 Å². The number of hydrogen-bond donors (Lipinski definition) is 2. The summed E-state index contributed by atoms with van der Waals surface area (Å²) >= 11 is 1.25. The Labute approximate surface area is 115 Å². The third kappa shape index (κ3) is 4.55. The Morgan fingerprint density at radius 2 is 2.11 bits per heavy atom. The SMILES string of the molecule is CNC(=O)CCN1C(=O)CC(SCCC(N)=O)C1=O. The van der Waals surface area contributed by atoms with Crippen LogP contribution in [0.3, 0.4) is 0 Å². The van der Waals surface area contributed by atoms with E-state index in [1.807, 2.05) is 0 Å². The molecule has 1 heterocycles. The lowest BCUT2D eigenvalue weighted by molar-refractivity contribution is -0.138. The molecule has 1 aliphatic rings. The topological polar surface area (TPSA) is 110 Å². The van der Waals surface area contributed by atoms with Crippen LogP contribution in [0.2, 0.25) is 0 Å². The van der Waals surface area contributed by atoms with Crippen molar-refractivity contribution in [2.45, 2.75) is 24.5 Å². The van der Waals surface area contributed by atoms with E-state index in [2.05, 4.69) is 5.32 Å². The summed E-state index contributed by atoms with van der Waals surface area (Å²) < 4.78 is 0. The molecule has 0 aromatic rings. The molecule has 106 valence electrons. The molecule has 1 unspecified atom stereocenters. The van der Waals surface area contributed by atoms with E-state index in [9.17, 15) is 19.2 Å². The molecule has 4 amide bonds. The molecule has 8 heteroatoms. The van der Waals surface area contributed by atoms with E-state index in [4.69, 9.17) is 5.73 Å². The van der Waals surface area contributed by atoms with Crippen molar-refractivity contribution in [1.29, 1.82) is 0 Å². The number of likely N-dealkylation sites (tertiary alicyclic amines) is 1. The fourth-order valence-corrected chi connectivity index (χ4v) is 2.79. The van der Waals surface area contributed by atoms with Gasteiger partial charge >= 0.3 is 0 Å². The van der Waals surface area contributed by atoms with Crippen molar-refractivity contribution < 1.29 is 19.2 Å². The van der Waals surface area contributed by atoms with Crippen LogP contribution in [0.15, 0.2) is 0 Å². The van der Waals surface area contributed by atoms with Crippen LogP contribution in [0.1, 0.15) is 19.3 Å². The van der Waals surface area contributed by atoms with Gasteiger partial charge < -0.3 is 11.1 Å². The van der Waals surface area contributed by atoms with Crippen LogP contribution < -0.4 is 11.1 Å². The Morgan fingerprint density at radius 1 is 1.42 bits per heavy atom. The summed E-state index contributed by atoms with van der Waals surface area (Å²) in [5, 5.41) is 1.97. The lowest BCUT2D eigenvalue weighted by Crippen LogP contribution is -2.35. The molecule has 0 bridgehead atoms. The molecular formula is C11H17N3O4S. The van der Waals surface area contributed by atoms with Gasteiger partial charge in [-0.25, -0.2) is 0 Å². The molecule has 0 saturated carbocycles. The molecule has 1 rings (SSSR count). The number of nitrogens with zero attached hydrogens (tertiary/aromatic N) is 1. The summed E-state index contributed by atoms with van der Waals surface area (Å²) in [6.45, 7) is 0.101. The van der Waals surface area contributed by atoms with Gasteiger partial charge in [-0.1, -0.05) is 0 Å². The number of thioether (sulfide) groups is 1. The number of hydrogen-bond acceptors (Lipinski definition) is 5. The van der Waals surface area contributed by atoms with Crippen molar-refractivity contribution in [3.05, 3.63) is 0 Å². The molecule has 0 aliphatic carbocycles. The Kier molecular flexibility index (Phi) is 5.81. The Morgan fingerprint density at radius 3 is 2.68 bits per heavy atom. The highest BCUT2D eigenvalue weighted by Gasteiger charge is 2.38. The van der Waals surface area contributed by atoms with Gasteiger partial charge in [-0.2, -0.15) is 0 Å². The first-order valence-electron chi connectivity index (χ1n) is 5.90. The number of primary amides is 1. The number of carbonyl (C=O) groups is 4. The molecule has 1 saturated heterocycles. The zero-order valence-corrected chi connectivity index (χ0v) is 11.5. The molecule has 0 aromatic carbocycles. The maximum Gasteiger partial charge on any atom is 0.242 e. The third-order valence-corrected chi connectivity index (χ3v) is 3.92. The van der Waals surface area contributed by atoms with Gasteiger partial charge in [-0.15, -0.1) is 11.8 Å². The molecule has 1 fully saturated rings. The predicted octanol–water partition coefficient (Wildman–Crippen LogP) is -1.14. The lowest BCUT2D eigenvalue weighted by atomic mass is 10.3. The Balaban J connectivity index is 2.44. The molecule has 7 nitrogen and oxygen atoms in total. The van der Waals surface area contributed by atoms with Crippen LogP contribution in [-0.4, -0.2) is 53.1 Å². The quantitative estimate of drug-likeness (QED) is 0.575. The first-order valence-corrected chi connectivity index (χ1v) is 6.95. The van der Waals surface area contributed by atoms with Crippen LogP contribution in [0.25, 0.3) is 0 Å². The van der Waals surface area contributed by atoms with Crippen LogP contribution >= 0.6 is 11.8 Å². The maximum absolute atomic E-state index is 11.9. The van der Waals surface area contributed by atoms with Crippen LogP contribution in [0.4, 0.5) is 0 Å². The van der Waals surface area contributed by atoms with E-state index < -0.39 is 11.2 Å². The maximum atomic E-state index is 11.9. The summed E-state index contributed by atoms with van der Waals surface area (Å²) in [6.07, 6.45) is 0.406. The van der Waals surface area contributed by atoms with Crippen LogP contribution in [0, 0.1) is 0 Å².